The third-order valence-corrected chi connectivity index (χ3v) is 3.05. The smallest absolute Gasteiger partial charge is 0.405 e. The number of nitrogens with zero attached hydrogens (tertiary/aromatic N) is 1. The SMILES string of the molecule is O=C(O)NCC(=O)N1CCCCc2ccccc21. The molecule has 2 rings (SSSR count). The summed E-state index contributed by atoms with van der Waals surface area (Å²) in [5, 5.41) is 10.6. The zero-order chi connectivity index (χ0) is 13.0. The average Bonchev–Trinajstić information content (AvgIpc) is 2.58. The van der Waals surface area contributed by atoms with Gasteiger partial charge in [0.25, 0.3) is 0 Å². The summed E-state index contributed by atoms with van der Waals surface area (Å²) in [5.74, 6) is -0.202. The van der Waals surface area contributed by atoms with E-state index in [-0.39, 0.29) is 12.5 Å². The van der Waals surface area contributed by atoms with Crippen molar-refractivity contribution in [3.05, 3.63) is 29.8 Å². The molecular formula is C13H16N2O3. The summed E-state index contributed by atoms with van der Waals surface area (Å²) in [5.41, 5.74) is 2.06. The molecule has 0 unspecified atom stereocenters. The van der Waals surface area contributed by atoms with Gasteiger partial charge in [-0.2, -0.15) is 0 Å². The Morgan fingerprint density at radius 1 is 1.28 bits per heavy atom. The molecule has 0 saturated heterocycles. The van der Waals surface area contributed by atoms with E-state index in [0.29, 0.717) is 6.54 Å². The van der Waals surface area contributed by atoms with Gasteiger partial charge in [-0.25, -0.2) is 4.79 Å². The molecule has 1 aromatic carbocycles. The normalized spacial score (nSPS) is 14.6. The van der Waals surface area contributed by atoms with Crippen LogP contribution in [-0.4, -0.2) is 30.2 Å². The zero-order valence-corrected chi connectivity index (χ0v) is 10.1. The van der Waals surface area contributed by atoms with Gasteiger partial charge in [0.05, 0.1) is 0 Å². The van der Waals surface area contributed by atoms with Gasteiger partial charge in [0.15, 0.2) is 0 Å². The predicted octanol–water partition coefficient (Wildman–Crippen LogP) is 1.62. The quantitative estimate of drug-likeness (QED) is 0.835. The first kappa shape index (κ1) is 12.4. The van der Waals surface area contributed by atoms with Gasteiger partial charge in [-0.1, -0.05) is 18.2 Å². The number of rotatable bonds is 2. The van der Waals surface area contributed by atoms with Crippen molar-refractivity contribution in [2.75, 3.05) is 18.0 Å². The Labute approximate surface area is 105 Å². The maximum Gasteiger partial charge on any atom is 0.405 e. The minimum atomic E-state index is -1.17. The van der Waals surface area contributed by atoms with Crippen LogP contribution in [0.4, 0.5) is 10.5 Å². The Balaban J connectivity index is 2.17. The highest BCUT2D eigenvalue weighted by atomic mass is 16.4. The number of fused-ring (bicyclic) bond motifs is 1. The summed E-state index contributed by atoms with van der Waals surface area (Å²) < 4.78 is 0. The predicted molar refractivity (Wildman–Crippen MR) is 67.8 cm³/mol. The van der Waals surface area contributed by atoms with E-state index in [4.69, 9.17) is 5.11 Å². The molecule has 0 fully saturated rings. The fourth-order valence-corrected chi connectivity index (χ4v) is 2.20. The largest absolute Gasteiger partial charge is 0.465 e. The number of benzene rings is 1. The Morgan fingerprint density at radius 2 is 2.06 bits per heavy atom. The van der Waals surface area contributed by atoms with Crippen molar-refractivity contribution in [3.63, 3.8) is 0 Å². The lowest BCUT2D eigenvalue weighted by molar-refractivity contribution is -0.117. The van der Waals surface area contributed by atoms with Crippen LogP contribution in [0.15, 0.2) is 24.3 Å². The van der Waals surface area contributed by atoms with E-state index in [1.54, 1.807) is 4.90 Å². The number of carbonyl (C=O) groups excluding carboxylic acids is 1. The average molecular weight is 248 g/mol. The molecule has 0 aromatic heterocycles. The molecule has 1 heterocycles. The minimum absolute atomic E-state index is 0.177. The van der Waals surface area contributed by atoms with Gasteiger partial charge in [0.1, 0.15) is 6.54 Å². The van der Waals surface area contributed by atoms with Crippen molar-refractivity contribution in [1.29, 1.82) is 0 Å². The topological polar surface area (TPSA) is 69.6 Å². The molecule has 1 aliphatic rings. The zero-order valence-electron chi connectivity index (χ0n) is 10.1. The van der Waals surface area contributed by atoms with Gasteiger partial charge >= 0.3 is 6.09 Å². The lowest BCUT2D eigenvalue weighted by Gasteiger charge is -2.22. The van der Waals surface area contributed by atoms with Crippen LogP contribution < -0.4 is 10.2 Å². The molecule has 96 valence electrons. The van der Waals surface area contributed by atoms with Crippen LogP contribution in [0.3, 0.4) is 0 Å². The molecule has 1 aliphatic heterocycles. The monoisotopic (exact) mass is 248 g/mol. The van der Waals surface area contributed by atoms with Gasteiger partial charge in [0, 0.05) is 12.2 Å². The van der Waals surface area contributed by atoms with E-state index in [1.165, 1.54) is 0 Å². The first-order chi connectivity index (χ1) is 8.68. The number of hydrogen-bond donors (Lipinski definition) is 2. The van der Waals surface area contributed by atoms with Crippen molar-refractivity contribution in [1.82, 2.24) is 5.32 Å². The van der Waals surface area contributed by atoms with Crippen LogP contribution >= 0.6 is 0 Å². The summed E-state index contributed by atoms with van der Waals surface area (Å²) in [6.45, 7) is 0.473. The Bertz CT molecular complexity index is 459. The number of para-hydroxylation sites is 1. The second-order valence-corrected chi connectivity index (χ2v) is 4.29. The molecular weight excluding hydrogens is 232 g/mol. The molecule has 5 nitrogen and oxygen atoms in total. The van der Waals surface area contributed by atoms with E-state index in [2.05, 4.69) is 5.32 Å². The highest BCUT2D eigenvalue weighted by Gasteiger charge is 2.20. The lowest BCUT2D eigenvalue weighted by Crippen LogP contribution is -2.40. The summed E-state index contributed by atoms with van der Waals surface area (Å²) in [7, 11) is 0. The number of anilines is 1. The van der Waals surface area contributed by atoms with E-state index < -0.39 is 6.09 Å². The molecule has 2 amide bonds. The molecule has 0 spiro atoms. The van der Waals surface area contributed by atoms with Gasteiger partial charge < -0.3 is 15.3 Å². The Kier molecular flexibility index (Phi) is 3.82. The van der Waals surface area contributed by atoms with Crippen molar-refractivity contribution in [3.8, 4) is 0 Å². The molecule has 18 heavy (non-hydrogen) atoms. The fraction of sp³-hybridized carbons (Fsp3) is 0.385. The van der Waals surface area contributed by atoms with Crippen LogP contribution in [0.2, 0.25) is 0 Å². The van der Waals surface area contributed by atoms with Crippen LogP contribution in [0.25, 0.3) is 0 Å². The summed E-state index contributed by atoms with van der Waals surface area (Å²) in [6, 6.07) is 7.79. The maximum atomic E-state index is 12.0. The van der Waals surface area contributed by atoms with Crippen LogP contribution in [0.5, 0.6) is 0 Å². The number of amides is 2. The molecule has 0 bridgehead atoms. The number of hydrogen-bond acceptors (Lipinski definition) is 2. The van der Waals surface area contributed by atoms with Crippen molar-refractivity contribution in [2.24, 2.45) is 0 Å². The molecule has 1 aromatic rings. The minimum Gasteiger partial charge on any atom is -0.465 e. The van der Waals surface area contributed by atoms with E-state index in [1.807, 2.05) is 24.3 Å². The molecule has 0 radical (unpaired) electrons. The molecule has 0 atom stereocenters. The Morgan fingerprint density at radius 3 is 2.83 bits per heavy atom. The van der Waals surface area contributed by atoms with Crippen LogP contribution in [0.1, 0.15) is 18.4 Å². The number of nitrogens with one attached hydrogen (secondary N) is 1. The van der Waals surface area contributed by atoms with Crippen LogP contribution in [0, 0.1) is 0 Å². The first-order valence-corrected chi connectivity index (χ1v) is 6.03. The van der Waals surface area contributed by atoms with Crippen molar-refractivity contribution >= 4 is 17.7 Å². The van der Waals surface area contributed by atoms with Crippen LogP contribution in [-0.2, 0) is 11.2 Å². The van der Waals surface area contributed by atoms with E-state index in [9.17, 15) is 9.59 Å². The van der Waals surface area contributed by atoms with Gasteiger partial charge in [0.2, 0.25) is 5.91 Å². The fourth-order valence-electron chi connectivity index (χ4n) is 2.20. The number of carbonyl (C=O) groups is 2. The van der Waals surface area contributed by atoms with Gasteiger partial charge in [-0.3, -0.25) is 4.79 Å². The third-order valence-electron chi connectivity index (χ3n) is 3.05. The summed E-state index contributed by atoms with van der Waals surface area (Å²) in [6.07, 6.45) is 1.78. The first-order valence-electron chi connectivity index (χ1n) is 6.03. The molecule has 2 N–H and O–H groups in total. The number of aryl methyl sites for hydroxylation is 1. The molecule has 0 saturated carbocycles. The Hall–Kier alpha value is -2.04. The van der Waals surface area contributed by atoms with Gasteiger partial charge in [-0.05, 0) is 30.9 Å². The summed E-state index contributed by atoms with van der Waals surface area (Å²) in [4.78, 5) is 24.1. The number of carboxylic acid groups (broad SMARTS) is 1. The molecule has 0 aliphatic carbocycles. The molecule has 5 heteroatoms. The maximum absolute atomic E-state index is 12.0. The summed E-state index contributed by atoms with van der Waals surface area (Å²) >= 11 is 0. The van der Waals surface area contributed by atoms with E-state index in [0.717, 1.165) is 30.5 Å². The van der Waals surface area contributed by atoms with Gasteiger partial charge in [-0.15, -0.1) is 0 Å². The lowest BCUT2D eigenvalue weighted by atomic mass is 10.1. The van der Waals surface area contributed by atoms with Crippen molar-refractivity contribution in [2.45, 2.75) is 19.3 Å². The second kappa shape index (κ2) is 5.53. The second-order valence-electron chi connectivity index (χ2n) is 4.29. The van der Waals surface area contributed by atoms with E-state index >= 15 is 0 Å². The highest BCUT2D eigenvalue weighted by Crippen LogP contribution is 2.25. The standard InChI is InChI=1S/C13H16N2O3/c16-12(9-14-13(17)18)15-8-4-3-6-10-5-1-2-7-11(10)15/h1-2,5,7,14H,3-4,6,8-9H2,(H,17,18). The highest BCUT2D eigenvalue weighted by molar-refractivity contribution is 5.96. The van der Waals surface area contributed by atoms with Crippen molar-refractivity contribution < 1.29 is 14.7 Å². The third kappa shape index (κ3) is 2.80.